The number of aliphatic hydroxyl groups is 1. The van der Waals surface area contributed by atoms with Crippen molar-refractivity contribution < 1.29 is 28.2 Å². The number of benzene rings is 2. The number of primary sulfonamides is 1. The number of halogens is 1. The van der Waals surface area contributed by atoms with Gasteiger partial charge >= 0.3 is 5.97 Å². The lowest BCUT2D eigenvalue weighted by Gasteiger charge is -2.45. The van der Waals surface area contributed by atoms with Crippen molar-refractivity contribution in [2.75, 3.05) is 24.6 Å². The van der Waals surface area contributed by atoms with Gasteiger partial charge in [0.15, 0.2) is 0 Å². The van der Waals surface area contributed by atoms with Crippen LogP contribution in [-0.4, -0.2) is 55.7 Å². The molecule has 2 aromatic carbocycles. The molecule has 1 spiro atoms. The second-order valence-electron chi connectivity index (χ2n) is 13.5. The topological polar surface area (TPSA) is 130 Å². The lowest BCUT2D eigenvalue weighted by atomic mass is 9.68. The SMILES string of the molecule is C[C@H]([C@H](C/C=C/[C@H](O)[C@@H]1CC[C@H]1CN1C[C@@]2(CCCc3cc(Cl)ccc32)COc2ccc(C(=O)O)cc21)C1CC1)S(N)(=O)=O. The minimum atomic E-state index is -3.62. The van der Waals surface area contributed by atoms with Crippen LogP contribution in [0.15, 0.2) is 48.6 Å². The summed E-state index contributed by atoms with van der Waals surface area (Å²) in [5, 5.41) is 26.6. The molecule has 8 nitrogen and oxygen atoms in total. The van der Waals surface area contributed by atoms with Gasteiger partial charge in [-0.15, -0.1) is 0 Å². The van der Waals surface area contributed by atoms with E-state index in [0.717, 1.165) is 55.7 Å². The van der Waals surface area contributed by atoms with Crippen molar-refractivity contribution in [2.24, 2.45) is 28.8 Å². The van der Waals surface area contributed by atoms with Gasteiger partial charge in [-0.1, -0.05) is 29.8 Å². The molecule has 44 heavy (non-hydrogen) atoms. The van der Waals surface area contributed by atoms with Crippen LogP contribution in [-0.2, 0) is 21.9 Å². The van der Waals surface area contributed by atoms with E-state index >= 15 is 0 Å². The van der Waals surface area contributed by atoms with Gasteiger partial charge in [0.1, 0.15) is 5.75 Å². The number of aryl methyl sites for hydroxylation is 1. The van der Waals surface area contributed by atoms with Crippen molar-refractivity contribution in [1.82, 2.24) is 0 Å². The predicted molar refractivity (Wildman–Crippen MR) is 172 cm³/mol. The van der Waals surface area contributed by atoms with Gasteiger partial charge in [-0.25, -0.2) is 18.4 Å². The van der Waals surface area contributed by atoms with Gasteiger partial charge < -0.3 is 19.8 Å². The quantitative estimate of drug-likeness (QED) is 0.290. The highest BCUT2D eigenvalue weighted by molar-refractivity contribution is 7.89. The number of aliphatic hydroxyl groups excluding tert-OH is 1. The first-order valence-electron chi connectivity index (χ1n) is 15.9. The van der Waals surface area contributed by atoms with Gasteiger partial charge in [-0.2, -0.15) is 0 Å². The Hall–Kier alpha value is -2.59. The predicted octanol–water partition coefficient (Wildman–Crippen LogP) is 5.55. The van der Waals surface area contributed by atoms with E-state index in [0.29, 0.717) is 37.8 Å². The monoisotopic (exact) mass is 642 g/mol. The van der Waals surface area contributed by atoms with Gasteiger partial charge in [-0.3, -0.25) is 0 Å². The Kier molecular flexibility index (Phi) is 8.78. The second kappa shape index (κ2) is 12.3. The molecule has 2 fully saturated rings. The van der Waals surface area contributed by atoms with Crippen molar-refractivity contribution in [3.8, 4) is 5.75 Å². The number of sulfonamides is 1. The molecule has 4 aliphatic rings. The molecular formula is C34H43ClN2O6S. The maximum Gasteiger partial charge on any atom is 0.335 e. The van der Waals surface area contributed by atoms with Gasteiger partial charge in [-0.05, 0) is 123 Å². The lowest BCUT2D eigenvalue weighted by Crippen LogP contribution is -2.49. The first-order valence-corrected chi connectivity index (χ1v) is 17.8. The number of hydrogen-bond donors (Lipinski definition) is 3. The van der Waals surface area contributed by atoms with E-state index in [4.69, 9.17) is 21.5 Å². The minimum Gasteiger partial charge on any atom is -0.490 e. The summed E-state index contributed by atoms with van der Waals surface area (Å²) in [7, 11) is -3.62. The van der Waals surface area contributed by atoms with E-state index in [1.165, 1.54) is 11.1 Å². The zero-order valence-electron chi connectivity index (χ0n) is 25.2. The summed E-state index contributed by atoms with van der Waals surface area (Å²) in [5.74, 6) is 0.307. The molecule has 0 radical (unpaired) electrons. The number of nitrogens with two attached hydrogens (primary N) is 1. The number of aromatic carboxylic acids is 1. The smallest absolute Gasteiger partial charge is 0.335 e. The highest BCUT2D eigenvalue weighted by Gasteiger charge is 2.44. The van der Waals surface area contributed by atoms with E-state index in [-0.39, 0.29) is 28.7 Å². The molecule has 1 heterocycles. The summed E-state index contributed by atoms with van der Waals surface area (Å²) in [6.45, 7) is 3.54. The molecule has 0 unspecified atom stereocenters. The van der Waals surface area contributed by atoms with Crippen LogP contribution in [0.5, 0.6) is 5.75 Å². The molecule has 0 aromatic heterocycles. The molecule has 6 atom stereocenters. The Balaban J connectivity index is 1.22. The zero-order valence-corrected chi connectivity index (χ0v) is 26.8. The Morgan fingerprint density at radius 1 is 1.20 bits per heavy atom. The Morgan fingerprint density at radius 2 is 2.00 bits per heavy atom. The summed E-state index contributed by atoms with van der Waals surface area (Å²) in [6.07, 6.45) is 10.6. The Morgan fingerprint density at radius 3 is 2.68 bits per heavy atom. The van der Waals surface area contributed by atoms with E-state index in [1.807, 2.05) is 18.2 Å². The summed E-state index contributed by atoms with van der Waals surface area (Å²) < 4.78 is 30.5. The van der Waals surface area contributed by atoms with Crippen LogP contribution in [0.1, 0.15) is 73.4 Å². The second-order valence-corrected chi connectivity index (χ2v) is 15.9. The third-order valence-corrected chi connectivity index (χ3v) is 12.4. The number of rotatable bonds is 10. The van der Waals surface area contributed by atoms with E-state index in [9.17, 15) is 23.4 Å². The first kappa shape index (κ1) is 31.4. The number of hydrogen-bond acceptors (Lipinski definition) is 6. The third kappa shape index (κ3) is 6.39. The first-order chi connectivity index (χ1) is 20.9. The number of carbonyl (C=O) groups is 1. The number of carboxylic acid groups (broad SMARTS) is 1. The molecule has 2 aromatic rings. The maximum atomic E-state index is 12.0. The summed E-state index contributed by atoms with van der Waals surface area (Å²) in [4.78, 5) is 14.2. The van der Waals surface area contributed by atoms with Crippen LogP contribution in [0.25, 0.3) is 0 Å². The Labute approximate surface area is 265 Å². The molecule has 238 valence electrons. The molecular weight excluding hydrogens is 600 g/mol. The van der Waals surface area contributed by atoms with Crippen LogP contribution < -0.4 is 14.8 Å². The van der Waals surface area contributed by atoms with E-state index < -0.39 is 27.3 Å². The highest BCUT2D eigenvalue weighted by Crippen LogP contribution is 2.47. The van der Waals surface area contributed by atoms with Crippen LogP contribution in [0.2, 0.25) is 5.02 Å². The van der Waals surface area contributed by atoms with E-state index in [2.05, 4.69) is 17.0 Å². The fourth-order valence-electron chi connectivity index (χ4n) is 7.85. The summed E-state index contributed by atoms with van der Waals surface area (Å²) in [6, 6.07) is 11.2. The fourth-order valence-corrected chi connectivity index (χ4v) is 8.87. The Bertz CT molecular complexity index is 1540. The molecule has 4 N–H and O–H groups in total. The molecule has 0 amide bonds. The van der Waals surface area contributed by atoms with Crippen molar-refractivity contribution in [3.05, 3.63) is 70.3 Å². The normalized spacial score (nSPS) is 27.0. The average molecular weight is 643 g/mol. The zero-order chi connectivity index (χ0) is 31.2. The number of nitrogens with zero attached hydrogens (tertiary/aromatic N) is 1. The number of allylic oxidation sites excluding steroid dienone is 1. The number of carboxylic acids is 1. The van der Waals surface area contributed by atoms with Crippen LogP contribution in [0.3, 0.4) is 0 Å². The van der Waals surface area contributed by atoms with Gasteiger partial charge in [0.05, 0.1) is 29.2 Å². The molecule has 6 rings (SSSR count). The highest BCUT2D eigenvalue weighted by atomic mass is 35.5. The maximum absolute atomic E-state index is 12.0. The van der Waals surface area contributed by atoms with Crippen LogP contribution in [0.4, 0.5) is 5.69 Å². The van der Waals surface area contributed by atoms with Gasteiger partial charge in [0.2, 0.25) is 10.0 Å². The van der Waals surface area contributed by atoms with Crippen molar-refractivity contribution in [3.63, 3.8) is 0 Å². The van der Waals surface area contributed by atoms with E-state index in [1.54, 1.807) is 25.1 Å². The molecule has 1 aliphatic heterocycles. The van der Waals surface area contributed by atoms with Crippen LogP contribution >= 0.6 is 11.6 Å². The van der Waals surface area contributed by atoms with Gasteiger partial charge in [0.25, 0.3) is 0 Å². The molecule has 3 aliphatic carbocycles. The summed E-state index contributed by atoms with van der Waals surface area (Å²) in [5.41, 5.74) is 3.22. The summed E-state index contributed by atoms with van der Waals surface area (Å²) >= 11 is 6.37. The number of ether oxygens (including phenoxy) is 1. The lowest BCUT2D eigenvalue weighted by molar-refractivity contribution is 0.0455. The molecule has 0 saturated heterocycles. The average Bonchev–Trinajstić information content (AvgIpc) is 3.81. The molecule has 2 saturated carbocycles. The van der Waals surface area contributed by atoms with Crippen molar-refractivity contribution in [1.29, 1.82) is 0 Å². The minimum absolute atomic E-state index is 0.0351. The molecule has 10 heteroatoms. The number of anilines is 1. The number of fused-ring (bicyclic) bond motifs is 3. The fraction of sp³-hybridized carbons (Fsp3) is 0.559. The van der Waals surface area contributed by atoms with Crippen molar-refractivity contribution in [2.45, 2.75) is 75.1 Å². The third-order valence-electron chi connectivity index (χ3n) is 10.7. The molecule has 0 bridgehead atoms. The van der Waals surface area contributed by atoms with Crippen molar-refractivity contribution >= 4 is 33.3 Å². The van der Waals surface area contributed by atoms with Gasteiger partial charge in [0, 0.05) is 23.5 Å². The largest absolute Gasteiger partial charge is 0.490 e. The standard InChI is InChI=1S/C34H43ClN2O6S/c1-21(44(36,41)42)27(22-7-8-22)5-2-6-31(38)28-12-9-25(28)18-37-19-34(15-3-4-23-16-26(35)11-13-29(23)34)20-43-32-14-10-24(33(39)40)17-30(32)37/h2,6,10-11,13-14,16-17,21-22,25,27-28,31,38H,3-5,7-9,12,15,18-20H2,1H3,(H,39,40)(H2,36,41,42)/b6-2+/t21-,25+,27+,28-,31+,34+/m1/s1. The van der Waals surface area contributed by atoms with Crippen LogP contribution in [0, 0.1) is 23.7 Å².